The van der Waals surface area contributed by atoms with Crippen molar-refractivity contribution in [2.75, 3.05) is 37.1 Å². The average molecular weight is 412 g/mol. The molecule has 1 aromatic carbocycles. The van der Waals surface area contributed by atoms with Gasteiger partial charge in [0.25, 0.3) is 0 Å². The maximum Gasteiger partial charge on any atom is 0.319 e. The number of carbonyl (C=O) groups is 1. The molecular formula is C22H29N5O3. The van der Waals surface area contributed by atoms with E-state index in [1.54, 1.807) is 7.11 Å². The van der Waals surface area contributed by atoms with E-state index in [0.717, 1.165) is 42.1 Å². The second-order valence-electron chi connectivity index (χ2n) is 8.44. The summed E-state index contributed by atoms with van der Waals surface area (Å²) < 4.78 is 11.0. The van der Waals surface area contributed by atoms with Crippen molar-refractivity contribution >= 4 is 17.5 Å². The fourth-order valence-electron chi connectivity index (χ4n) is 3.54. The zero-order valence-electron chi connectivity index (χ0n) is 17.8. The molecule has 1 aliphatic carbocycles. The van der Waals surface area contributed by atoms with E-state index in [-0.39, 0.29) is 11.6 Å². The lowest BCUT2D eigenvalue weighted by molar-refractivity contribution is 0.0639. The average Bonchev–Trinajstić information content (AvgIpc) is 3.52. The van der Waals surface area contributed by atoms with Crippen molar-refractivity contribution in [3.05, 3.63) is 36.0 Å². The number of hydrogen-bond donors (Lipinski definition) is 2. The van der Waals surface area contributed by atoms with Crippen LogP contribution in [0.5, 0.6) is 0 Å². The minimum absolute atomic E-state index is 0.156. The van der Waals surface area contributed by atoms with Crippen LogP contribution in [0.2, 0.25) is 0 Å². The highest BCUT2D eigenvalue weighted by Gasteiger charge is 2.32. The second kappa shape index (κ2) is 8.57. The number of anilines is 2. The summed E-state index contributed by atoms with van der Waals surface area (Å²) in [6.45, 7) is 6.80. The Hall–Kier alpha value is -2.71. The smallest absolute Gasteiger partial charge is 0.319 e. The van der Waals surface area contributed by atoms with Gasteiger partial charge in [0.15, 0.2) is 5.82 Å². The summed E-state index contributed by atoms with van der Waals surface area (Å²) in [7, 11) is 1.66. The minimum Gasteiger partial charge on any atom is -0.378 e. The number of aromatic nitrogens is 2. The van der Waals surface area contributed by atoms with Crippen LogP contribution in [0, 0.1) is 0 Å². The molecule has 4 rings (SSSR count). The quantitative estimate of drug-likeness (QED) is 0.759. The van der Waals surface area contributed by atoms with Crippen molar-refractivity contribution in [2.45, 2.75) is 44.9 Å². The number of rotatable bonds is 6. The molecule has 2 fully saturated rings. The monoisotopic (exact) mass is 411 g/mol. The molecule has 1 aromatic heterocycles. The molecular weight excluding hydrogens is 382 g/mol. The van der Waals surface area contributed by atoms with Crippen LogP contribution in [0.3, 0.4) is 0 Å². The van der Waals surface area contributed by atoms with E-state index < -0.39 is 0 Å². The highest BCUT2D eigenvalue weighted by atomic mass is 16.5. The molecule has 2 aliphatic rings. The molecule has 2 aromatic rings. The molecule has 0 radical (unpaired) electrons. The Morgan fingerprint density at radius 1 is 1.27 bits per heavy atom. The fourth-order valence-corrected chi connectivity index (χ4v) is 3.54. The number of methoxy groups -OCH3 is 1. The van der Waals surface area contributed by atoms with Crippen LogP contribution in [0.15, 0.2) is 30.3 Å². The van der Waals surface area contributed by atoms with Gasteiger partial charge in [-0.3, -0.25) is 0 Å². The molecule has 1 aliphatic heterocycles. The third-order valence-electron chi connectivity index (χ3n) is 5.29. The summed E-state index contributed by atoms with van der Waals surface area (Å²) in [5.41, 5.74) is 2.29. The zero-order valence-corrected chi connectivity index (χ0v) is 17.8. The van der Waals surface area contributed by atoms with E-state index in [0.29, 0.717) is 31.7 Å². The third kappa shape index (κ3) is 4.88. The molecule has 0 atom stereocenters. The predicted octanol–water partition coefficient (Wildman–Crippen LogP) is 3.19. The van der Waals surface area contributed by atoms with Crippen LogP contribution in [0.4, 0.5) is 16.3 Å². The number of benzene rings is 1. The number of hydrogen-bond acceptors (Lipinski definition) is 6. The van der Waals surface area contributed by atoms with Gasteiger partial charge in [-0.1, -0.05) is 0 Å². The zero-order chi connectivity index (χ0) is 21.1. The Bertz CT molecular complexity index is 896. The Labute approximate surface area is 177 Å². The van der Waals surface area contributed by atoms with Crippen molar-refractivity contribution in [2.24, 2.45) is 0 Å². The van der Waals surface area contributed by atoms with Crippen molar-refractivity contribution in [3.63, 3.8) is 0 Å². The topological polar surface area (TPSA) is 88.6 Å². The first-order valence-electron chi connectivity index (χ1n) is 10.3. The highest BCUT2D eigenvalue weighted by molar-refractivity contribution is 5.89. The number of ether oxygens (including phenoxy) is 2. The third-order valence-corrected chi connectivity index (χ3v) is 5.29. The Morgan fingerprint density at radius 2 is 2.03 bits per heavy atom. The highest BCUT2D eigenvalue weighted by Crippen LogP contribution is 2.28. The molecule has 1 saturated carbocycles. The van der Waals surface area contributed by atoms with Gasteiger partial charge in [-0.2, -0.15) is 0 Å². The first-order chi connectivity index (χ1) is 14.4. The first-order valence-corrected chi connectivity index (χ1v) is 10.3. The van der Waals surface area contributed by atoms with Gasteiger partial charge in [0, 0.05) is 37.0 Å². The van der Waals surface area contributed by atoms with E-state index in [1.165, 1.54) is 0 Å². The second-order valence-corrected chi connectivity index (χ2v) is 8.44. The summed E-state index contributed by atoms with van der Waals surface area (Å²) in [4.78, 5) is 23.7. The van der Waals surface area contributed by atoms with Crippen molar-refractivity contribution in [3.8, 4) is 11.4 Å². The van der Waals surface area contributed by atoms with E-state index in [2.05, 4.69) is 34.4 Å². The van der Waals surface area contributed by atoms with Crippen LogP contribution in [-0.4, -0.2) is 54.4 Å². The molecule has 0 spiro atoms. The van der Waals surface area contributed by atoms with E-state index in [1.807, 2.05) is 30.3 Å². The molecule has 2 N–H and O–H groups in total. The van der Waals surface area contributed by atoms with E-state index in [4.69, 9.17) is 14.5 Å². The standard InChI is InChI=1S/C22H29N5O3/c1-22(2)14-30-11-10-27(22)19-12-18(13-29-3)23-20(26-19)15-4-6-16(7-5-15)24-21(28)25-17-8-9-17/h4-7,12,17H,8-11,13-14H2,1-3H3,(H2,24,25,28). The lowest BCUT2D eigenvalue weighted by atomic mass is 10.0. The Kier molecular flexibility index (Phi) is 5.87. The molecule has 0 unspecified atom stereocenters. The van der Waals surface area contributed by atoms with Crippen LogP contribution in [0.1, 0.15) is 32.4 Å². The maximum absolute atomic E-state index is 11.9. The number of amides is 2. The summed E-state index contributed by atoms with van der Waals surface area (Å²) in [5, 5.41) is 5.78. The lowest BCUT2D eigenvalue weighted by Crippen LogP contribution is -2.53. The lowest BCUT2D eigenvalue weighted by Gasteiger charge is -2.43. The molecule has 8 nitrogen and oxygen atoms in total. The number of nitrogens with one attached hydrogen (secondary N) is 2. The SMILES string of the molecule is COCc1cc(N2CCOCC2(C)C)nc(-c2ccc(NC(=O)NC3CC3)cc2)n1. The van der Waals surface area contributed by atoms with Gasteiger partial charge in [-0.05, 0) is 51.0 Å². The fraction of sp³-hybridized carbons (Fsp3) is 0.500. The van der Waals surface area contributed by atoms with Crippen molar-refractivity contribution in [1.29, 1.82) is 0 Å². The maximum atomic E-state index is 11.9. The largest absolute Gasteiger partial charge is 0.378 e. The van der Waals surface area contributed by atoms with Gasteiger partial charge in [0.1, 0.15) is 5.82 Å². The molecule has 8 heteroatoms. The van der Waals surface area contributed by atoms with Gasteiger partial charge >= 0.3 is 6.03 Å². The number of nitrogens with zero attached hydrogens (tertiary/aromatic N) is 3. The normalized spacial score (nSPS) is 18.2. The molecule has 2 amide bonds. The van der Waals surface area contributed by atoms with Gasteiger partial charge < -0.3 is 25.0 Å². The van der Waals surface area contributed by atoms with Crippen molar-refractivity contribution in [1.82, 2.24) is 15.3 Å². The summed E-state index contributed by atoms with van der Waals surface area (Å²) in [6, 6.07) is 9.72. The predicted molar refractivity (Wildman–Crippen MR) is 116 cm³/mol. The Morgan fingerprint density at radius 3 is 2.70 bits per heavy atom. The Balaban J connectivity index is 1.57. The van der Waals surface area contributed by atoms with Gasteiger partial charge in [-0.25, -0.2) is 14.8 Å². The molecule has 30 heavy (non-hydrogen) atoms. The van der Waals surface area contributed by atoms with Crippen molar-refractivity contribution < 1.29 is 14.3 Å². The van der Waals surface area contributed by atoms with Gasteiger partial charge in [0.05, 0.1) is 31.1 Å². The van der Waals surface area contributed by atoms with E-state index in [9.17, 15) is 4.79 Å². The molecule has 160 valence electrons. The van der Waals surface area contributed by atoms with Crippen LogP contribution < -0.4 is 15.5 Å². The summed E-state index contributed by atoms with van der Waals surface area (Å²) in [6.07, 6.45) is 2.12. The summed E-state index contributed by atoms with van der Waals surface area (Å²) >= 11 is 0. The van der Waals surface area contributed by atoms with Crippen LogP contribution in [-0.2, 0) is 16.1 Å². The first kappa shape index (κ1) is 20.6. The molecule has 0 bridgehead atoms. The minimum atomic E-state index is -0.166. The number of urea groups is 1. The van der Waals surface area contributed by atoms with Gasteiger partial charge in [-0.15, -0.1) is 0 Å². The number of carbonyl (C=O) groups excluding carboxylic acids is 1. The van der Waals surface area contributed by atoms with Crippen LogP contribution >= 0.6 is 0 Å². The summed E-state index contributed by atoms with van der Waals surface area (Å²) in [5.74, 6) is 1.50. The van der Waals surface area contributed by atoms with Crippen LogP contribution in [0.25, 0.3) is 11.4 Å². The molecule has 2 heterocycles. The van der Waals surface area contributed by atoms with E-state index >= 15 is 0 Å². The molecule has 1 saturated heterocycles. The van der Waals surface area contributed by atoms with Gasteiger partial charge in [0.2, 0.25) is 0 Å². The number of morpholine rings is 1.